The molecule has 31 heavy (non-hydrogen) atoms. The number of carbonyl (C=O) groups is 1. The van der Waals surface area contributed by atoms with Gasteiger partial charge in [-0.15, -0.1) is 16.4 Å². The molecule has 1 aromatic carbocycles. The number of Topliss-reactive ketones (excluding diaryl/α,β-unsaturated/α-hetero) is 1. The Kier molecular flexibility index (Phi) is 5.64. The summed E-state index contributed by atoms with van der Waals surface area (Å²) < 4.78 is 15.0. The summed E-state index contributed by atoms with van der Waals surface area (Å²) in [6.07, 6.45) is 1.67. The minimum atomic E-state index is -0.461. The number of nitrogens with zero attached hydrogens (tertiary/aromatic N) is 4. The Labute approximate surface area is 181 Å². The standard InChI is InChI=1S/C21H22N4O5S/c1-4-5-9-23-19(27)18-14(8-10-31-18)25-20(23)22-24(21(25)28)12-15(26)13-6-7-16(29-2)17(11-13)30-3/h6-8,10-11H,4-5,9,12H2,1-3H3. The van der Waals surface area contributed by atoms with Crippen LogP contribution >= 0.6 is 11.3 Å². The third-order valence-electron chi connectivity index (χ3n) is 5.12. The fraction of sp³-hybridized carbons (Fsp3) is 0.333. The molecule has 4 rings (SSSR count). The highest BCUT2D eigenvalue weighted by Gasteiger charge is 2.20. The molecule has 0 saturated carbocycles. The number of methoxy groups -OCH3 is 2. The highest BCUT2D eigenvalue weighted by Crippen LogP contribution is 2.27. The van der Waals surface area contributed by atoms with Crippen LogP contribution in [0.25, 0.3) is 16.0 Å². The lowest BCUT2D eigenvalue weighted by Crippen LogP contribution is -2.27. The van der Waals surface area contributed by atoms with Gasteiger partial charge in [0, 0.05) is 12.1 Å². The minimum Gasteiger partial charge on any atom is -0.493 e. The molecular formula is C21H22N4O5S. The molecule has 0 aliphatic carbocycles. The molecule has 0 amide bonds. The smallest absolute Gasteiger partial charge is 0.352 e. The van der Waals surface area contributed by atoms with Gasteiger partial charge in [0.2, 0.25) is 5.78 Å². The highest BCUT2D eigenvalue weighted by molar-refractivity contribution is 7.17. The Morgan fingerprint density at radius 1 is 1.13 bits per heavy atom. The summed E-state index contributed by atoms with van der Waals surface area (Å²) in [6, 6.07) is 6.53. The summed E-state index contributed by atoms with van der Waals surface area (Å²) in [4.78, 5) is 38.9. The molecule has 0 saturated heterocycles. The molecule has 3 heterocycles. The quantitative estimate of drug-likeness (QED) is 0.389. The van der Waals surface area contributed by atoms with E-state index in [1.54, 1.807) is 29.6 Å². The minimum absolute atomic E-state index is 0.172. The van der Waals surface area contributed by atoms with Crippen LogP contribution in [0.3, 0.4) is 0 Å². The summed E-state index contributed by atoms with van der Waals surface area (Å²) in [5.41, 5.74) is 0.241. The largest absolute Gasteiger partial charge is 0.493 e. The van der Waals surface area contributed by atoms with Gasteiger partial charge in [0.25, 0.3) is 5.56 Å². The zero-order valence-electron chi connectivity index (χ0n) is 17.5. The zero-order valence-corrected chi connectivity index (χ0v) is 18.3. The number of ether oxygens (including phenoxy) is 2. The average Bonchev–Trinajstić information content (AvgIpc) is 3.38. The van der Waals surface area contributed by atoms with Crippen LogP contribution in [0, 0.1) is 0 Å². The Bertz CT molecular complexity index is 1390. The lowest BCUT2D eigenvalue weighted by molar-refractivity contribution is 0.0966. The molecule has 0 spiro atoms. The summed E-state index contributed by atoms with van der Waals surface area (Å²) >= 11 is 1.29. The maximum Gasteiger partial charge on any atom is 0.352 e. The predicted molar refractivity (Wildman–Crippen MR) is 118 cm³/mol. The summed E-state index contributed by atoms with van der Waals surface area (Å²) in [6.45, 7) is 2.22. The van der Waals surface area contributed by atoms with Crippen LogP contribution in [0.1, 0.15) is 30.1 Å². The summed E-state index contributed by atoms with van der Waals surface area (Å²) in [5, 5.41) is 6.13. The molecule has 0 N–H and O–H groups in total. The molecule has 0 bridgehead atoms. The van der Waals surface area contributed by atoms with E-state index in [9.17, 15) is 14.4 Å². The fourth-order valence-electron chi connectivity index (χ4n) is 3.49. The molecule has 9 nitrogen and oxygen atoms in total. The number of fused-ring (bicyclic) bond motifs is 3. The van der Waals surface area contributed by atoms with Gasteiger partial charge in [-0.1, -0.05) is 13.3 Å². The van der Waals surface area contributed by atoms with E-state index in [0.29, 0.717) is 33.8 Å². The monoisotopic (exact) mass is 442 g/mol. The Balaban J connectivity index is 1.80. The molecule has 0 radical (unpaired) electrons. The van der Waals surface area contributed by atoms with Gasteiger partial charge in [-0.3, -0.25) is 14.2 Å². The van der Waals surface area contributed by atoms with E-state index in [-0.39, 0.29) is 23.7 Å². The fourth-order valence-corrected chi connectivity index (χ4v) is 4.32. The van der Waals surface area contributed by atoms with Crippen molar-refractivity contribution in [3.8, 4) is 11.5 Å². The van der Waals surface area contributed by atoms with Crippen molar-refractivity contribution < 1.29 is 14.3 Å². The molecule has 0 aliphatic rings. The maximum absolute atomic E-state index is 13.1. The number of hydrogen-bond acceptors (Lipinski definition) is 7. The van der Waals surface area contributed by atoms with Crippen molar-refractivity contribution in [2.45, 2.75) is 32.9 Å². The van der Waals surface area contributed by atoms with Crippen LogP contribution in [-0.4, -0.2) is 38.8 Å². The number of hydrogen-bond donors (Lipinski definition) is 0. The lowest BCUT2D eigenvalue weighted by Gasteiger charge is -2.08. The second-order valence-corrected chi connectivity index (χ2v) is 7.93. The van der Waals surface area contributed by atoms with Crippen LogP contribution < -0.4 is 20.7 Å². The molecule has 0 unspecified atom stereocenters. The topological polar surface area (TPSA) is 96.8 Å². The first-order valence-corrected chi connectivity index (χ1v) is 10.7. The third-order valence-corrected chi connectivity index (χ3v) is 6.01. The Morgan fingerprint density at radius 3 is 2.61 bits per heavy atom. The number of thiophene rings is 1. The molecule has 0 aliphatic heterocycles. The molecule has 10 heteroatoms. The molecule has 0 fully saturated rings. The van der Waals surface area contributed by atoms with Gasteiger partial charge in [0.1, 0.15) is 11.2 Å². The van der Waals surface area contributed by atoms with Crippen LogP contribution in [0.5, 0.6) is 11.5 Å². The Morgan fingerprint density at radius 2 is 1.90 bits per heavy atom. The van der Waals surface area contributed by atoms with E-state index >= 15 is 0 Å². The van der Waals surface area contributed by atoms with Gasteiger partial charge in [-0.25, -0.2) is 13.9 Å². The second kappa shape index (κ2) is 8.38. The molecule has 162 valence electrons. The van der Waals surface area contributed by atoms with Gasteiger partial charge in [-0.2, -0.15) is 0 Å². The van der Waals surface area contributed by atoms with Crippen molar-refractivity contribution >= 4 is 33.1 Å². The van der Waals surface area contributed by atoms with Gasteiger partial charge < -0.3 is 9.47 Å². The number of benzene rings is 1. The normalized spacial score (nSPS) is 11.3. The van der Waals surface area contributed by atoms with Crippen molar-refractivity contribution in [3.63, 3.8) is 0 Å². The second-order valence-electron chi connectivity index (χ2n) is 7.01. The SMILES string of the molecule is CCCCn1c(=O)c2sccc2n2c(=O)n(CC(=O)c3ccc(OC)c(OC)c3)nc12. The van der Waals surface area contributed by atoms with Crippen LogP contribution in [0.2, 0.25) is 0 Å². The van der Waals surface area contributed by atoms with Crippen LogP contribution in [-0.2, 0) is 13.1 Å². The maximum atomic E-state index is 13.1. The average molecular weight is 442 g/mol. The van der Waals surface area contributed by atoms with Crippen molar-refractivity contribution in [1.82, 2.24) is 18.7 Å². The van der Waals surface area contributed by atoms with E-state index in [1.807, 2.05) is 6.92 Å². The molecule has 4 aromatic rings. The first-order chi connectivity index (χ1) is 15.0. The number of carbonyl (C=O) groups excluding carboxylic acids is 1. The first kappa shape index (κ1) is 20.9. The molecular weight excluding hydrogens is 420 g/mol. The first-order valence-electron chi connectivity index (χ1n) is 9.85. The van der Waals surface area contributed by atoms with Crippen molar-refractivity contribution in [1.29, 1.82) is 0 Å². The van der Waals surface area contributed by atoms with E-state index < -0.39 is 5.69 Å². The number of ketones is 1. The van der Waals surface area contributed by atoms with Gasteiger partial charge >= 0.3 is 5.69 Å². The molecule has 0 atom stereocenters. The van der Waals surface area contributed by atoms with Crippen LogP contribution in [0.15, 0.2) is 39.2 Å². The van der Waals surface area contributed by atoms with E-state index in [1.165, 1.54) is 34.5 Å². The predicted octanol–water partition coefficient (Wildman–Crippen LogP) is 2.57. The van der Waals surface area contributed by atoms with Crippen molar-refractivity contribution in [2.24, 2.45) is 0 Å². The van der Waals surface area contributed by atoms with Gasteiger partial charge in [0.15, 0.2) is 17.3 Å². The van der Waals surface area contributed by atoms with Gasteiger partial charge in [-0.05, 0) is 36.1 Å². The summed E-state index contributed by atoms with van der Waals surface area (Å²) in [7, 11) is 3.00. The number of aryl methyl sites for hydroxylation is 1. The van der Waals surface area contributed by atoms with Crippen molar-refractivity contribution in [2.75, 3.05) is 14.2 Å². The number of rotatable bonds is 8. The molecule has 3 aromatic heterocycles. The highest BCUT2D eigenvalue weighted by atomic mass is 32.1. The van der Waals surface area contributed by atoms with Gasteiger partial charge in [0.05, 0.1) is 19.7 Å². The van der Waals surface area contributed by atoms with E-state index in [0.717, 1.165) is 17.5 Å². The lowest BCUT2D eigenvalue weighted by atomic mass is 10.1. The number of aromatic nitrogens is 4. The Hall–Kier alpha value is -3.40. The zero-order chi connectivity index (χ0) is 22.1. The van der Waals surface area contributed by atoms with E-state index in [2.05, 4.69) is 5.10 Å². The van der Waals surface area contributed by atoms with Crippen LogP contribution in [0.4, 0.5) is 0 Å². The van der Waals surface area contributed by atoms with E-state index in [4.69, 9.17) is 9.47 Å². The third kappa shape index (κ3) is 3.52. The number of unbranched alkanes of at least 4 members (excludes halogenated alkanes) is 1. The summed E-state index contributed by atoms with van der Waals surface area (Å²) in [5.74, 6) is 0.859. The van der Waals surface area contributed by atoms with Crippen molar-refractivity contribution in [3.05, 3.63) is 56.0 Å².